The Morgan fingerprint density at radius 1 is 1.26 bits per heavy atom. The number of unbranched alkanes of at least 4 members (excludes halogenated alkanes) is 1. The van der Waals surface area contributed by atoms with E-state index < -0.39 is 0 Å². The second-order valence-corrected chi connectivity index (χ2v) is 6.70. The van der Waals surface area contributed by atoms with Gasteiger partial charge in [-0.1, -0.05) is 26.0 Å². The molecule has 1 atom stereocenters. The summed E-state index contributed by atoms with van der Waals surface area (Å²) in [5.74, 6) is 1.57. The Kier molecular flexibility index (Phi) is 8.70. The van der Waals surface area contributed by atoms with Crippen LogP contribution in [0.5, 0.6) is 5.75 Å². The number of aryl methyl sites for hydroxylation is 2. The Labute approximate surface area is 140 Å². The summed E-state index contributed by atoms with van der Waals surface area (Å²) in [5, 5.41) is 3.02. The Morgan fingerprint density at radius 2 is 2.00 bits per heavy atom. The lowest BCUT2D eigenvalue weighted by molar-refractivity contribution is -0.121. The Morgan fingerprint density at radius 3 is 2.65 bits per heavy atom. The van der Waals surface area contributed by atoms with Crippen molar-refractivity contribution >= 4 is 5.91 Å². The summed E-state index contributed by atoms with van der Waals surface area (Å²) in [6, 6.07) is 6.30. The van der Waals surface area contributed by atoms with Crippen molar-refractivity contribution in [2.24, 2.45) is 11.7 Å². The summed E-state index contributed by atoms with van der Waals surface area (Å²) >= 11 is 0. The molecule has 1 rings (SSSR count). The van der Waals surface area contributed by atoms with E-state index in [9.17, 15) is 4.79 Å². The van der Waals surface area contributed by atoms with Crippen molar-refractivity contribution in [1.29, 1.82) is 0 Å². The van der Waals surface area contributed by atoms with E-state index in [0.717, 1.165) is 30.6 Å². The van der Waals surface area contributed by atoms with Gasteiger partial charge in [-0.05, 0) is 56.2 Å². The van der Waals surface area contributed by atoms with Crippen molar-refractivity contribution in [3.8, 4) is 5.75 Å². The minimum Gasteiger partial charge on any atom is -0.493 e. The number of benzene rings is 1. The molecule has 0 saturated heterocycles. The maximum Gasteiger partial charge on any atom is 0.220 e. The van der Waals surface area contributed by atoms with Crippen molar-refractivity contribution in [1.82, 2.24) is 5.32 Å². The number of carbonyl (C=O) groups excluding carboxylic acids is 1. The lowest BCUT2D eigenvalue weighted by Gasteiger charge is -2.18. The Balaban J connectivity index is 2.21. The third-order valence-electron chi connectivity index (χ3n) is 3.80. The highest BCUT2D eigenvalue weighted by Crippen LogP contribution is 2.19. The van der Waals surface area contributed by atoms with Crippen LogP contribution in [0.1, 0.15) is 50.7 Å². The van der Waals surface area contributed by atoms with Crippen LogP contribution < -0.4 is 15.8 Å². The van der Waals surface area contributed by atoms with Crippen molar-refractivity contribution in [2.75, 3.05) is 13.2 Å². The van der Waals surface area contributed by atoms with Crippen LogP contribution in [0.2, 0.25) is 0 Å². The van der Waals surface area contributed by atoms with Crippen molar-refractivity contribution < 1.29 is 9.53 Å². The average molecular weight is 320 g/mol. The van der Waals surface area contributed by atoms with Gasteiger partial charge in [0.2, 0.25) is 5.91 Å². The highest BCUT2D eigenvalue weighted by molar-refractivity contribution is 5.76. The third-order valence-corrected chi connectivity index (χ3v) is 3.80. The molecule has 0 bridgehead atoms. The van der Waals surface area contributed by atoms with E-state index in [1.807, 2.05) is 6.92 Å². The van der Waals surface area contributed by atoms with Gasteiger partial charge in [-0.2, -0.15) is 0 Å². The van der Waals surface area contributed by atoms with E-state index in [0.29, 0.717) is 25.5 Å². The second kappa shape index (κ2) is 10.3. The average Bonchev–Trinajstić information content (AvgIpc) is 2.49. The van der Waals surface area contributed by atoms with Crippen LogP contribution in [-0.4, -0.2) is 25.1 Å². The van der Waals surface area contributed by atoms with Gasteiger partial charge in [0, 0.05) is 19.0 Å². The molecule has 0 aliphatic heterocycles. The number of nitrogens with two attached hydrogens (primary N) is 1. The molecule has 0 aliphatic rings. The highest BCUT2D eigenvalue weighted by atomic mass is 16.5. The van der Waals surface area contributed by atoms with Gasteiger partial charge in [-0.3, -0.25) is 4.79 Å². The van der Waals surface area contributed by atoms with Gasteiger partial charge < -0.3 is 15.8 Å². The van der Waals surface area contributed by atoms with Crippen molar-refractivity contribution in [2.45, 2.75) is 59.4 Å². The molecular weight excluding hydrogens is 288 g/mol. The van der Waals surface area contributed by atoms with Crippen LogP contribution >= 0.6 is 0 Å². The number of ether oxygens (including phenoxy) is 1. The van der Waals surface area contributed by atoms with Gasteiger partial charge in [-0.15, -0.1) is 0 Å². The first-order chi connectivity index (χ1) is 10.9. The minimum absolute atomic E-state index is 0.0906. The summed E-state index contributed by atoms with van der Waals surface area (Å²) in [6.45, 7) is 9.52. The zero-order chi connectivity index (χ0) is 17.2. The van der Waals surface area contributed by atoms with Crippen molar-refractivity contribution in [3.63, 3.8) is 0 Å². The van der Waals surface area contributed by atoms with Gasteiger partial charge >= 0.3 is 0 Å². The minimum atomic E-state index is 0.0906. The quantitative estimate of drug-likeness (QED) is 0.650. The van der Waals surface area contributed by atoms with Gasteiger partial charge in [-0.25, -0.2) is 0 Å². The van der Waals surface area contributed by atoms with Crippen LogP contribution in [0.15, 0.2) is 18.2 Å². The molecule has 0 heterocycles. The SMILES string of the molecule is Cc1ccc(C)c(OCCCCC(=O)NC(CN)CC(C)C)c1. The molecule has 4 nitrogen and oxygen atoms in total. The van der Waals surface area contributed by atoms with E-state index >= 15 is 0 Å². The predicted octanol–water partition coefficient (Wildman–Crippen LogP) is 3.34. The molecule has 0 spiro atoms. The number of hydrogen-bond donors (Lipinski definition) is 2. The lowest BCUT2D eigenvalue weighted by atomic mass is 10.0. The number of hydrogen-bond acceptors (Lipinski definition) is 3. The van der Waals surface area contributed by atoms with E-state index in [1.54, 1.807) is 0 Å². The summed E-state index contributed by atoms with van der Waals surface area (Å²) in [6.07, 6.45) is 3.16. The fourth-order valence-electron chi connectivity index (χ4n) is 2.52. The fourth-order valence-corrected chi connectivity index (χ4v) is 2.52. The molecule has 4 heteroatoms. The Hall–Kier alpha value is -1.55. The van der Waals surface area contributed by atoms with Crippen LogP contribution in [-0.2, 0) is 4.79 Å². The largest absolute Gasteiger partial charge is 0.493 e. The summed E-state index contributed by atoms with van der Waals surface area (Å²) in [4.78, 5) is 11.9. The first-order valence-corrected chi connectivity index (χ1v) is 8.61. The molecule has 3 N–H and O–H groups in total. The smallest absolute Gasteiger partial charge is 0.220 e. The van der Waals surface area contributed by atoms with Crippen LogP contribution in [0.25, 0.3) is 0 Å². The fraction of sp³-hybridized carbons (Fsp3) is 0.632. The first kappa shape index (κ1) is 19.5. The maximum absolute atomic E-state index is 11.9. The van der Waals surface area contributed by atoms with Crippen LogP contribution in [0.3, 0.4) is 0 Å². The van der Waals surface area contributed by atoms with Gasteiger partial charge in [0.05, 0.1) is 6.61 Å². The molecule has 130 valence electrons. The predicted molar refractivity (Wildman–Crippen MR) is 95.7 cm³/mol. The van der Waals surface area contributed by atoms with Crippen LogP contribution in [0, 0.1) is 19.8 Å². The molecule has 0 aromatic heterocycles. The monoisotopic (exact) mass is 320 g/mol. The highest BCUT2D eigenvalue weighted by Gasteiger charge is 2.12. The summed E-state index contributed by atoms with van der Waals surface area (Å²) < 4.78 is 5.80. The molecule has 1 aromatic rings. The maximum atomic E-state index is 11.9. The Bertz CT molecular complexity index is 486. The topological polar surface area (TPSA) is 64.3 Å². The molecule has 1 aromatic carbocycles. The summed E-state index contributed by atoms with van der Waals surface area (Å²) in [7, 11) is 0. The molecule has 23 heavy (non-hydrogen) atoms. The second-order valence-electron chi connectivity index (χ2n) is 6.70. The molecule has 0 saturated carbocycles. The van der Waals surface area contributed by atoms with Gasteiger partial charge in [0.15, 0.2) is 0 Å². The molecule has 0 radical (unpaired) electrons. The van der Waals surface area contributed by atoms with Gasteiger partial charge in [0.1, 0.15) is 5.75 Å². The number of amides is 1. The molecular formula is C19H32N2O2. The summed E-state index contributed by atoms with van der Waals surface area (Å²) in [5.41, 5.74) is 8.05. The van der Waals surface area contributed by atoms with E-state index in [2.05, 4.69) is 44.3 Å². The molecule has 1 unspecified atom stereocenters. The number of rotatable bonds is 10. The normalized spacial score (nSPS) is 12.3. The van der Waals surface area contributed by atoms with Crippen molar-refractivity contribution in [3.05, 3.63) is 29.3 Å². The zero-order valence-electron chi connectivity index (χ0n) is 15.0. The van der Waals surface area contributed by atoms with E-state index in [4.69, 9.17) is 10.5 Å². The standard InChI is InChI=1S/C19H32N2O2/c1-14(2)11-17(13-20)21-19(22)7-5-6-10-23-18-12-15(3)8-9-16(18)4/h8-9,12,14,17H,5-7,10-11,13,20H2,1-4H3,(H,21,22). The van der Waals surface area contributed by atoms with Crippen LogP contribution in [0.4, 0.5) is 0 Å². The lowest BCUT2D eigenvalue weighted by Crippen LogP contribution is -2.40. The molecule has 0 aliphatic carbocycles. The third kappa shape index (κ3) is 8.03. The number of nitrogens with one attached hydrogen (secondary N) is 1. The number of carbonyl (C=O) groups is 1. The van der Waals surface area contributed by atoms with Gasteiger partial charge in [0.25, 0.3) is 0 Å². The molecule has 0 fully saturated rings. The van der Waals surface area contributed by atoms with E-state index in [-0.39, 0.29) is 11.9 Å². The zero-order valence-corrected chi connectivity index (χ0v) is 15.0. The van der Waals surface area contributed by atoms with E-state index in [1.165, 1.54) is 5.56 Å². The first-order valence-electron chi connectivity index (χ1n) is 8.61. The molecule has 1 amide bonds.